The van der Waals surface area contributed by atoms with Crippen LogP contribution in [0.5, 0.6) is 23.0 Å². The van der Waals surface area contributed by atoms with Gasteiger partial charge in [-0.05, 0) is 261 Å². The minimum atomic E-state index is 0.651. The van der Waals surface area contributed by atoms with Gasteiger partial charge in [-0.15, -0.1) is 0 Å². The highest BCUT2D eigenvalue weighted by molar-refractivity contribution is 6.28. The van der Waals surface area contributed by atoms with Crippen LogP contribution in [-0.2, 0) is 0 Å². The molecule has 2 aliphatic rings. The number of nitrogens with zero attached hydrogens (tertiary/aromatic N) is 6. The molecule has 0 amide bonds. The van der Waals surface area contributed by atoms with E-state index < -0.39 is 0 Å². The number of fused-ring (bicyclic) bond motifs is 15. The molecule has 9 heteroatoms. The van der Waals surface area contributed by atoms with Crippen LogP contribution in [0, 0.1) is 50.4 Å². The molecule has 580 valence electrons. The molecule has 123 heavy (non-hydrogen) atoms. The molecule has 0 saturated heterocycles. The van der Waals surface area contributed by atoms with Crippen LogP contribution in [0.3, 0.4) is 0 Å². The van der Waals surface area contributed by atoms with Gasteiger partial charge in [0, 0.05) is 95.3 Å². The second-order valence-electron chi connectivity index (χ2n) is 31.8. The van der Waals surface area contributed by atoms with Crippen molar-refractivity contribution in [2.75, 3.05) is 19.6 Å². The van der Waals surface area contributed by atoms with Crippen LogP contribution in [-0.4, -0.2) is 0 Å². The molecule has 2 aliphatic heterocycles. The molecule has 0 fully saturated rings. The summed E-state index contributed by atoms with van der Waals surface area (Å²) >= 11 is 0. The summed E-state index contributed by atoms with van der Waals surface area (Å²) in [6.07, 6.45) is 0. The van der Waals surface area contributed by atoms with Gasteiger partial charge in [0.15, 0.2) is 5.58 Å². The molecule has 0 N–H and O–H groups in total. The predicted octanol–water partition coefficient (Wildman–Crippen LogP) is 32.3. The van der Waals surface area contributed by atoms with Crippen LogP contribution in [0.2, 0.25) is 0 Å². The first kappa shape index (κ1) is 73.0. The number of rotatable bonds is 13. The Hall–Kier alpha value is -16.5. The van der Waals surface area contributed by atoms with Crippen LogP contribution in [0.25, 0.3) is 120 Å². The largest absolute Gasteiger partial charge is 0.456 e. The molecule has 0 spiro atoms. The molecule has 0 bridgehead atoms. The number of aryl methyl sites for hydroxylation is 4. The van der Waals surface area contributed by atoms with Crippen molar-refractivity contribution < 1.29 is 13.9 Å². The van der Waals surface area contributed by atoms with Crippen molar-refractivity contribution >= 4 is 155 Å². The number of benzene rings is 20. The molecule has 0 aliphatic carbocycles. The first-order chi connectivity index (χ1) is 60.6. The number of nitriles is 2. The summed E-state index contributed by atoms with van der Waals surface area (Å²) in [4.78, 5) is 9.31. The molecule has 1 aromatic heterocycles. The fraction of sp³-hybridized carbons (Fsp3) is 0.0351. The van der Waals surface area contributed by atoms with Gasteiger partial charge < -0.3 is 33.5 Å². The fourth-order valence-corrected chi connectivity index (χ4v) is 19.3. The van der Waals surface area contributed by atoms with Crippen LogP contribution in [0.1, 0.15) is 33.4 Å². The molecular weight excluding hydrogens is 1500 g/mol. The average Bonchev–Trinajstić information content (AvgIpc) is 0.844. The van der Waals surface area contributed by atoms with Gasteiger partial charge in [0.25, 0.3) is 0 Å². The lowest BCUT2D eigenvalue weighted by Gasteiger charge is -2.31. The Morgan fingerprint density at radius 3 is 1.05 bits per heavy atom. The van der Waals surface area contributed by atoms with E-state index in [9.17, 15) is 10.5 Å². The molecule has 20 aromatic carbocycles. The lowest BCUT2D eigenvalue weighted by atomic mass is 9.88. The number of para-hydroxylation sites is 7. The third-order valence-corrected chi connectivity index (χ3v) is 24.4. The van der Waals surface area contributed by atoms with Crippen molar-refractivity contribution in [2.45, 2.75) is 27.7 Å². The third kappa shape index (κ3) is 12.3. The first-order valence-corrected chi connectivity index (χ1v) is 41.5. The zero-order valence-electron chi connectivity index (χ0n) is 67.9. The summed E-state index contributed by atoms with van der Waals surface area (Å²) in [5.74, 6) is 3.25. The molecule has 0 saturated carbocycles. The van der Waals surface area contributed by atoms with Crippen molar-refractivity contribution in [1.82, 2.24) is 0 Å². The molecule has 23 rings (SSSR count). The summed E-state index contributed by atoms with van der Waals surface area (Å²) in [5.41, 5.74) is 26.3. The summed E-state index contributed by atoms with van der Waals surface area (Å²) in [6.45, 7) is 8.30. The van der Waals surface area contributed by atoms with Crippen molar-refractivity contribution in [2.24, 2.45) is 0 Å². The third-order valence-electron chi connectivity index (χ3n) is 24.4. The van der Waals surface area contributed by atoms with Gasteiger partial charge in [-0.1, -0.05) is 224 Å². The predicted molar refractivity (Wildman–Crippen MR) is 509 cm³/mol. The number of hydrogen-bond acceptors (Lipinski definition) is 9. The van der Waals surface area contributed by atoms with Gasteiger partial charge in [0.2, 0.25) is 0 Å². The second kappa shape index (κ2) is 29.9. The van der Waals surface area contributed by atoms with Crippen LogP contribution in [0.4, 0.5) is 68.2 Å². The van der Waals surface area contributed by atoms with Gasteiger partial charge in [0.1, 0.15) is 28.6 Å². The van der Waals surface area contributed by atoms with Crippen molar-refractivity contribution in [3.05, 3.63) is 422 Å². The maximum Gasteiger partial charge on any atom is 0.159 e. The lowest BCUT2D eigenvalue weighted by molar-refractivity contribution is 0.487. The van der Waals surface area contributed by atoms with E-state index in [1.807, 2.05) is 48.5 Å². The average molecular weight is 1580 g/mol. The van der Waals surface area contributed by atoms with E-state index in [1.54, 1.807) is 0 Å². The molecule has 0 atom stereocenters. The maximum atomic E-state index is 9.75. The highest BCUT2D eigenvalue weighted by Gasteiger charge is 2.32. The topological polar surface area (TPSA) is 92.1 Å². The number of furan rings is 1. The minimum Gasteiger partial charge on any atom is -0.456 e. The summed E-state index contributed by atoms with van der Waals surface area (Å²) in [6, 6.07) is 142. The Kier molecular flexibility index (Phi) is 17.7. The van der Waals surface area contributed by atoms with Crippen molar-refractivity contribution in [3.63, 3.8) is 0 Å². The zero-order chi connectivity index (χ0) is 82.5. The van der Waals surface area contributed by atoms with E-state index in [0.29, 0.717) is 11.1 Å². The van der Waals surface area contributed by atoms with Gasteiger partial charge >= 0.3 is 0 Å². The monoisotopic (exact) mass is 1580 g/mol. The van der Waals surface area contributed by atoms with E-state index in [4.69, 9.17) is 13.9 Å². The van der Waals surface area contributed by atoms with E-state index >= 15 is 0 Å². The quantitative estimate of drug-likeness (QED) is 0.105. The van der Waals surface area contributed by atoms with E-state index in [0.717, 1.165) is 206 Å². The Morgan fingerprint density at radius 2 is 0.585 bits per heavy atom. The number of ether oxygens (including phenoxy) is 2. The first-order valence-electron chi connectivity index (χ1n) is 41.5. The SMILES string of the molecule is Cc1cc(C#N)cc(C)c1N(c1ccccc1)c1ccc2c(c1)Oc1cccc3c1c-2cc1c2ccccc2c(N(c2ccccc2)c2cccc4c2oc2ccccc24)cc31.Cc1cc(C#N)cc(C)c1N(c1ccccc1)c1ccc2c(c1)Oc1cccc3c1c-2cc1c2ccccc2c(N(c2ccccc2)c2ccccc2-c2ccccc2)cc31. The Labute approximate surface area is 712 Å². The fourth-order valence-electron chi connectivity index (χ4n) is 19.3. The highest BCUT2D eigenvalue weighted by atomic mass is 16.5. The van der Waals surface area contributed by atoms with Crippen LogP contribution >= 0.6 is 0 Å². The molecule has 3 heterocycles. The van der Waals surface area contributed by atoms with Gasteiger partial charge in [-0.25, -0.2) is 0 Å². The molecular formula is C114H76N6O3. The number of anilines is 12. The molecule has 0 unspecified atom stereocenters. The summed E-state index contributed by atoms with van der Waals surface area (Å²) < 4.78 is 20.6. The van der Waals surface area contributed by atoms with Crippen LogP contribution < -0.4 is 29.1 Å². The minimum absolute atomic E-state index is 0.651. The highest BCUT2D eigenvalue weighted by Crippen LogP contribution is 2.57. The Morgan fingerprint density at radius 1 is 0.228 bits per heavy atom. The Balaban J connectivity index is 0.000000147. The van der Waals surface area contributed by atoms with Gasteiger partial charge in [-0.2, -0.15) is 10.5 Å². The maximum absolute atomic E-state index is 9.75. The lowest BCUT2D eigenvalue weighted by Crippen LogP contribution is -2.13. The van der Waals surface area contributed by atoms with E-state index in [-0.39, 0.29) is 0 Å². The van der Waals surface area contributed by atoms with Gasteiger partial charge in [0.05, 0.1) is 57.4 Å². The number of hydrogen-bond donors (Lipinski definition) is 0. The van der Waals surface area contributed by atoms with Crippen molar-refractivity contribution in [3.8, 4) is 68.5 Å². The summed E-state index contributed by atoms with van der Waals surface area (Å²) in [5, 5.41) is 35.5. The second-order valence-corrected chi connectivity index (χ2v) is 31.8. The summed E-state index contributed by atoms with van der Waals surface area (Å²) in [7, 11) is 0. The van der Waals surface area contributed by atoms with E-state index in [1.165, 1.54) is 27.1 Å². The molecule has 21 aromatic rings. The normalized spacial score (nSPS) is 11.7. The van der Waals surface area contributed by atoms with Crippen molar-refractivity contribution in [1.29, 1.82) is 10.5 Å². The van der Waals surface area contributed by atoms with Crippen LogP contribution in [0.15, 0.2) is 393 Å². The molecule has 0 radical (unpaired) electrons. The standard InChI is InChI=1S/C57H37N3O2.C57H39N3O/c1-35-29-37(34-58)30-36(2)56(35)59(38-15-5-3-6-16-38)40-27-28-44-49-32-47-41-19-9-10-20-42(41)51(33-48(47)45-22-14-26-53(55(45)49)61-54(44)31-40)60(39-17-7-4-8-18-39)50-24-13-23-46-43-21-11-12-25-52(43)62-57(46)50;1-37-31-39(36-58)32-38(2)57(37)59(41-19-8-4-9-20-41)43-29-30-47-51-34-49-45-24-12-13-25-46(45)53(35-50(49)48-26-16-28-54(56(48)51)61-55(47)33-43)60(42-21-10-5-11-22-42)52-27-15-14-23-44(52)40-17-6-3-7-18-40/h3-33H,1-2H3;3-35H,1-2H3. The smallest absolute Gasteiger partial charge is 0.159 e. The van der Waals surface area contributed by atoms with E-state index in [2.05, 4.69) is 399 Å². The molecule has 9 nitrogen and oxygen atoms in total. The van der Waals surface area contributed by atoms with Gasteiger partial charge in [-0.3, -0.25) is 0 Å². The Bertz CT molecular complexity index is 7930. The zero-order valence-corrected chi connectivity index (χ0v) is 67.9.